The first-order chi connectivity index (χ1) is 12.4. The van der Waals surface area contributed by atoms with Crippen LogP contribution in [0.2, 0.25) is 5.02 Å². The quantitative estimate of drug-likeness (QED) is 0.787. The van der Waals surface area contributed by atoms with E-state index in [0.29, 0.717) is 36.6 Å². The highest BCUT2D eigenvalue weighted by Gasteiger charge is 2.46. The molecule has 0 amide bonds. The Hall–Kier alpha value is -1.58. The van der Waals surface area contributed by atoms with Crippen LogP contribution in [0.25, 0.3) is 0 Å². The number of nitrogens with one attached hydrogen (secondary N) is 1. The predicted octanol–water partition coefficient (Wildman–Crippen LogP) is 2.40. The van der Waals surface area contributed by atoms with Crippen LogP contribution in [0.15, 0.2) is 41.6 Å². The fourth-order valence-electron chi connectivity index (χ4n) is 3.42. The minimum Gasteiger partial charge on any atom is -0.593 e. The Bertz CT molecular complexity index is 879. The number of halogens is 2. The predicted molar refractivity (Wildman–Crippen MR) is 94.0 cm³/mol. The molecule has 9 heteroatoms. The van der Waals surface area contributed by atoms with E-state index in [2.05, 4.69) is 9.71 Å². The second kappa shape index (κ2) is 6.54. The van der Waals surface area contributed by atoms with Crippen molar-refractivity contribution in [3.8, 4) is 5.75 Å². The molecule has 2 aliphatic rings. The van der Waals surface area contributed by atoms with E-state index in [-0.39, 0.29) is 23.0 Å². The molecule has 0 saturated carbocycles. The van der Waals surface area contributed by atoms with Gasteiger partial charge in [-0.25, -0.2) is 4.39 Å². The Morgan fingerprint density at radius 3 is 3.12 bits per heavy atom. The van der Waals surface area contributed by atoms with Crippen LogP contribution < -0.4 is 9.46 Å². The zero-order valence-electron chi connectivity index (χ0n) is 13.8. The summed E-state index contributed by atoms with van der Waals surface area (Å²) in [5, 5.41) is 0.379. The number of rotatable bonds is 2. The van der Waals surface area contributed by atoms with E-state index in [0.717, 1.165) is 0 Å². The van der Waals surface area contributed by atoms with E-state index in [4.69, 9.17) is 16.3 Å². The van der Waals surface area contributed by atoms with Gasteiger partial charge in [-0.3, -0.25) is 9.88 Å². The van der Waals surface area contributed by atoms with Gasteiger partial charge in [0.2, 0.25) is 4.90 Å². The Balaban J connectivity index is 1.57. The number of pyridine rings is 1. The minimum atomic E-state index is -3.67. The van der Waals surface area contributed by atoms with Gasteiger partial charge in [-0.1, -0.05) is 21.9 Å². The SMILES string of the molecule is O=[S+]1([O-])NCC2(CCN(Cc3c(F)cccc3Cl)C2)Oc2ccncc21. The van der Waals surface area contributed by atoms with Crippen molar-refractivity contribution in [2.24, 2.45) is 0 Å². The third-order valence-electron chi connectivity index (χ3n) is 4.79. The highest BCUT2D eigenvalue weighted by atomic mass is 35.5. The van der Waals surface area contributed by atoms with Gasteiger partial charge in [-0.05, 0) is 12.1 Å². The summed E-state index contributed by atoms with van der Waals surface area (Å²) in [6.07, 6.45) is 3.39. The molecule has 0 aliphatic carbocycles. The van der Waals surface area contributed by atoms with Crippen LogP contribution in [0.5, 0.6) is 5.75 Å². The van der Waals surface area contributed by atoms with Crippen molar-refractivity contribution in [1.82, 2.24) is 14.6 Å². The summed E-state index contributed by atoms with van der Waals surface area (Å²) in [4.78, 5) is 5.93. The number of hydrogen-bond donors (Lipinski definition) is 1. The lowest BCUT2D eigenvalue weighted by Gasteiger charge is -2.28. The van der Waals surface area contributed by atoms with Crippen molar-refractivity contribution in [3.63, 3.8) is 0 Å². The molecule has 1 saturated heterocycles. The van der Waals surface area contributed by atoms with E-state index in [1.165, 1.54) is 18.5 Å². The zero-order chi connectivity index (χ0) is 18.4. The average molecular weight is 398 g/mol. The summed E-state index contributed by atoms with van der Waals surface area (Å²) in [5.41, 5.74) is -0.276. The first-order valence-electron chi connectivity index (χ1n) is 8.17. The molecule has 138 valence electrons. The summed E-state index contributed by atoms with van der Waals surface area (Å²) in [6, 6.07) is 6.16. The maximum atomic E-state index is 14.1. The minimum absolute atomic E-state index is 0.0347. The third-order valence-corrected chi connectivity index (χ3v) is 6.55. The molecule has 26 heavy (non-hydrogen) atoms. The van der Waals surface area contributed by atoms with Crippen LogP contribution in [0.1, 0.15) is 12.0 Å². The van der Waals surface area contributed by atoms with Crippen molar-refractivity contribution in [2.45, 2.75) is 23.5 Å². The highest BCUT2D eigenvalue weighted by molar-refractivity contribution is 7.95. The molecular weight excluding hydrogens is 381 g/mol. The Morgan fingerprint density at radius 2 is 2.31 bits per heavy atom. The van der Waals surface area contributed by atoms with Gasteiger partial charge < -0.3 is 9.29 Å². The number of ether oxygens (including phenoxy) is 1. The lowest BCUT2D eigenvalue weighted by atomic mass is 10.0. The summed E-state index contributed by atoms with van der Waals surface area (Å²) < 4.78 is 47.5. The summed E-state index contributed by atoms with van der Waals surface area (Å²) in [5.74, 6) is -0.0619. The van der Waals surface area contributed by atoms with E-state index in [9.17, 15) is 13.2 Å². The van der Waals surface area contributed by atoms with Crippen LogP contribution in [0.3, 0.4) is 0 Å². The second-order valence-electron chi connectivity index (χ2n) is 6.59. The van der Waals surface area contributed by atoms with Crippen molar-refractivity contribution in [3.05, 3.63) is 53.1 Å². The Kier molecular flexibility index (Phi) is 4.48. The van der Waals surface area contributed by atoms with Crippen LogP contribution in [-0.4, -0.2) is 39.7 Å². The molecule has 1 spiro atoms. The molecule has 0 radical (unpaired) electrons. The van der Waals surface area contributed by atoms with Crippen LogP contribution in [0, 0.1) is 5.82 Å². The third kappa shape index (κ3) is 3.23. The van der Waals surface area contributed by atoms with Crippen LogP contribution >= 0.6 is 11.6 Å². The zero-order valence-corrected chi connectivity index (χ0v) is 15.4. The number of aromatic nitrogens is 1. The summed E-state index contributed by atoms with van der Waals surface area (Å²) in [6.45, 7) is 1.59. The molecule has 2 aromatic rings. The van der Waals surface area contributed by atoms with Crippen molar-refractivity contribution >= 4 is 22.0 Å². The molecule has 3 heterocycles. The average Bonchev–Trinajstić information content (AvgIpc) is 2.95. The van der Waals surface area contributed by atoms with E-state index < -0.39 is 16.0 Å². The highest BCUT2D eigenvalue weighted by Crippen LogP contribution is 2.36. The molecule has 1 aromatic heterocycles. The monoisotopic (exact) mass is 397 g/mol. The van der Waals surface area contributed by atoms with Gasteiger partial charge in [0.05, 0.1) is 12.7 Å². The van der Waals surface area contributed by atoms with E-state index in [1.54, 1.807) is 18.2 Å². The van der Waals surface area contributed by atoms with Crippen LogP contribution in [0.4, 0.5) is 4.39 Å². The van der Waals surface area contributed by atoms with Crippen molar-refractivity contribution in [1.29, 1.82) is 0 Å². The fourth-order valence-corrected chi connectivity index (χ4v) is 4.83. The Labute approximate surface area is 156 Å². The van der Waals surface area contributed by atoms with Gasteiger partial charge >= 0.3 is 0 Å². The maximum Gasteiger partial charge on any atom is 0.235 e. The molecule has 0 bridgehead atoms. The van der Waals surface area contributed by atoms with Gasteiger partial charge in [0, 0.05) is 48.9 Å². The number of fused-ring (bicyclic) bond motifs is 1. The molecule has 1 aromatic carbocycles. The summed E-state index contributed by atoms with van der Waals surface area (Å²) >= 11 is 6.12. The molecule has 2 aliphatic heterocycles. The van der Waals surface area contributed by atoms with Gasteiger partial charge in [-0.15, -0.1) is 4.72 Å². The largest absolute Gasteiger partial charge is 0.593 e. The fraction of sp³-hybridized carbons (Fsp3) is 0.353. The topological polar surface area (TPSA) is 77.5 Å². The molecular formula is C17H17ClFN3O3S. The number of benzene rings is 1. The van der Waals surface area contributed by atoms with E-state index in [1.807, 2.05) is 4.90 Å². The molecule has 4 rings (SSSR count). The smallest absolute Gasteiger partial charge is 0.235 e. The van der Waals surface area contributed by atoms with Crippen LogP contribution in [-0.2, 0) is 21.2 Å². The molecule has 1 N–H and O–H groups in total. The number of sulfonamides is 1. The van der Waals surface area contributed by atoms with Gasteiger partial charge in [0.25, 0.3) is 0 Å². The normalized spacial score (nSPS) is 28.6. The van der Waals surface area contributed by atoms with Gasteiger partial charge in [-0.2, -0.15) is 0 Å². The standard InChI is InChI=1S/C17H17ClFN3O3S/c18-13-2-1-3-14(19)12(13)9-22-7-5-17(11-22)10-21-26(23,24)16-8-20-6-4-15(16)25-17/h1-4,6,8H,5,7,9-11H2,(H-,21,23,24). The van der Waals surface area contributed by atoms with Gasteiger partial charge in [0.1, 0.15) is 11.4 Å². The van der Waals surface area contributed by atoms with E-state index >= 15 is 0 Å². The van der Waals surface area contributed by atoms with Gasteiger partial charge in [0.15, 0.2) is 16.1 Å². The van der Waals surface area contributed by atoms with Crippen molar-refractivity contribution in [2.75, 3.05) is 19.6 Å². The number of hydrogen-bond acceptors (Lipinski definition) is 5. The number of nitrogens with zero attached hydrogens (tertiary/aromatic N) is 2. The summed E-state index contributed by atoms with van der Waals surface area (Å²) in [7, 11) is -3.67. The Morgan fingerprint density at radius 1 is 1.46 bits per heavy atom. The first kappa shape index (κ1) is 17.8. The first-order valence-corrected chi connectivity index (χ1v) is 10.0. The molecule has 1 fully saturated rings. The van der Waals surface area contributed by atoms with Crippen molar-refractivity contribution < 1.29 is 17.9 Å². The second-order valence-corrected chi connectivity index (χ2v) is 8.74. The molecule has 2 atom stereocenters. The lowest BCUT2D eigenvalue weighted by Crippen LogP contribution is -2.48. The maximum absolute atomic E-state index is 14.1. The lowest BCUT2D eigenvalue weighted by molar-refractivity contribution is 0.0798. The molecule has 6 nitrogen and oxygen atoms in total. The number of likely N-dealkylation sites (tertiary alicyclic amines) is 1. The molecule has 2 unspecified atom stereocenters.